The minimum Gasteiger partial charge on any atom is -0.466 e. The van der Waals surface area contributed by atoms with E-state index in [1.807, 2.05) is 24.3 Å². The molecule has 0 aliphatic rings. The van der Waals surface area contributed by atoms with Crippen molar-refractivity contribution in [2.45, 2.75) is 0 Å². The second-order valence-electron chi connectivity index (χ2n) is 4.18. The lowest BCUT2D eigenvalue weighted by Crippen LogP contribution is -2.01. The molecule has 0 bridgehead atoms. The first-order valence-electron chi connectivity index (χ1n) is 6.16. The number of esters is 1. The number of hydrogen-bond donors (Lipinski definition) is 0. The van der Waals surface area contributed by atoms with E-state index >= 15 is 0 Å². The van der Waals surface area contributed by atoms with E-state index in [0.29, 0.717) is 11.1 Å². The first-order chi connectivity index (χ1) is 9.70. The lowest BCUT2D eigenvalue weighted by Gasteiger charge is -2.02. The molecule has 2 aromatic carbocycles. The Bertz CT molecular complexity index is 642. The van der Waals surface area contributed by atoms with Gasteiger partial charge in [-0.1, -0.05) is 48.5 Å². The molecule has 100 valence electrons. The Morgan fingerprint density at radius 3 is 2.35 bits per heavy atom. The Labute approximate surface area is 117 Å². The van der Waals surface area contributed by atoms with Gasteiger partial charge in [-0.2, -0.15) is 0 Å². The van der Waals surface area contributed by atoms with E-state index in [9.17, 15) is 9.59 Å². The van der Waals surface area contributed by atoms with Crippen molar-refractivity contribution in [3.8, 4) is 0 Å². The highest BCUT2D eigenvalue weighted by atomic mass is 16.5. The molecule has 2 aromatic rings. The molecule has 20 heavy (non-hydrogen) atoms. The average molecular weight is 266 g/mol. The van der Waals surface area contributed by atoms with Crippen molar-refractivity contribution in [3.05, 3.63) is 77.4 Å². The third kappa shape index (κ3) is 3.42. The molecule has 0 aliphatic carbocycles. The predicted molar refractivity (Wildman–Crippen MR) is 77.4 cm³/mol. The molecule has 3 heteroatoms. The van der Waals surface area contributed by atoms with Gasteiger partial charge >= 0.3 is 5.97 Å². The van der Waals surface area contributed by atoms with E-state index < -0.39 is 5.97 Å². The maximum absolute atomic E-state index is 12.3. The third-order valence-corrected chi connectivity index (χ3v) is 2.80. The fourth-order valence-corrected chi connectivity index (χ4v) is 1.77. The van der Waals surface area contributed by atoms with Crippen molar-refractivity contribution < 1.29 is 14.3 Å². The highest BCUT2D eigenvalue weighted by Gasteiger charge is 2.08. The van der Waals surface area contributed by atoms with Crippen LogP contribution in [-0.2, 0) is 9.53 Å². The molecule has 0 unspecified atom stereocenters. The summed E-state index contributed by atoms with van der Waals surface area (Å²) in [6, 6.07) is 16.2. The normalized spacial score (nSPS) is 10.4. The quantitative estimate of drug-likeness (QED) is 0.485. The fraction of sp³-hybridized carbons (Fsp3) is 0.0588. The van der Waals surface area contributed by atoms with E-state index in [1.54, 1.807) is 36.4 Å². The highest BCUT2D eigenvalue weighted by Crippen LogP contribution is 2.12. The topological polar surface area (TPSA) is 43.4 Å². The fourth-order valence-electron chi connectivity index (χ4n) is 1.77. The van der Waals surface area contributed by atoms with Crippen LogP contribution in [0.15, 0.2) is 60.7 Å². The Kier molecular flexibility index (Phi) is 4.45. The summed E-state index contributed by atoms with van der Waals surface area (Å²) in [6.07, 6.45) is 2.94. The number of benzene rings is 2. The standard InChI is InChI=1S/C17H14O3/c1-20-16(18)11-10-13-6-5-9-15(12-13)17(19)14-7-3-2-4-8-14/h2-12H,1H3/b11-10+. The van der Waals surface area contributed by atoms with Crippen LogP contribution in [0.3, 0.4) is 0 Å². The van der Waals surface area contributed by atoms with E-state index in [4.69, 9.17) is 0 Å². The van der Waals surface area contributed by atoms with Crippen molar-refractivity contribution in [1.29, 1.82) is 0 Å². The van der Waals surface area contributed by atoms with E-state index in [2.05, 4.69) is 4.74 Å². The molecular formula is C17H14O3. The number of methoxy groups -OCH3 is 1. The van der Waals surface area contributed by atoms with E-state index in [0.717, 1.165) is 5.56 Å². The van der Waals surface area contributed by atoms with Crippen molar-refractivity contribution in [3.63, 3.8) is 0 Å². The zero-order valence-electron chi connectivity index (χ0n) is 11.1. The van der Waals surface area contributed by atoms with E-state index in [-0.39, 0.29) is 5.78 Å². The highest BCUT2D eigenvalue weighted by molar-refractivity contribution is 6.09. The molecule has 0 spiro atoms. The summed E-state index contributed by atoms with van der Waals surface area (Å²) in [5.74, 6) is -0.469. The van der Waals surface area contributed by atoms with Crippen LogP contribution in [0.5, 0.6) is 0 Å². The van der Waals surface area contributed by atoms with Crippen LogP contribution >= 0.6 is 0 Å². The van der Waals surface area contributed by atoms with Gasteiger partial charge in [0, 0.05) is 17.2 Å². The van der Waals surface area contributed by atoms with Crippen molar-refractivity contribution in [1.82, 2.24) is 0 Å². The summed E-state index contributed by atoms with van der Waals surface area (Å²) in [6.45, 7) is 0. The van der Waals surface area contributed by atoms with Gasteiger partial charge < -0.3 is 4.74 Å². The number of hydrogen-bond acceptors (Lipinski definition) is 3. The number of ketones is 1. The van der Waals surface area contributed by atoms with Crippen LogP contribution in [-0.4, -0.2) is 18.9 Å². The molecule has 0 atom stereocenters. The molecular weight excluding hydrogens is 252 g/mol. The molecule has 0 amide bonds. The monoisotopic (exact) mass is 266 g/mol. The molecule has 0 aromatic heterocycles. The zero-order valence-corrected chi connectivity index (χ0v) is 11.1. The number of carbonyl (C=O) groups excluding carboxylic acids is 2. The smallest absolute Gasteiger partial charge is 0.330 e. The van der Waals surface area contributed by atoms with Crippen molar-refractivity contribution in [2.24, 2.45) is 0 Å². The molecule has 0 N–H and O–H groups in total. The zero-order chi connectivity index (χ0) is 14.4. The number of ether oxygens (including phenoxy) is 1. The predicted octanol–water partition coefficient (Wildman–Crippen LogP) is 3.10. The number of rotatable bonds is 4. The molecule has 0 fully saturated rings. The second-order valence-corrected chi connectivity index (χ2v) is 4.18. The summed E-state index contributed by atoms with van der Waals surface area (Å²) >= 11 is 0. The molecule has 0 heterocycles. The number of carbonyl (C=O) groups is 2. The van der Waals surface area contributed by atoms with Gasteiger partial charge in [0.2, 0.25) is 0 Å². The molecule has 0 aliphatic heterocycles. The molecule has 0 saturated carbocycles. The van der Waals surface area contributed by atoms with Gasteiger partial charge in [0.15, 0.2) is 5.78 Å². The molecule has 0 saturated heterocycles. The van der Waals surface area contributed by atoms with Crippen molar-refractivity contribution >= 4 is 17.8 Å². The average Bonchev–Trinajstić information content (AvgIpc) is 2.53. The van der Waals surface area contributed by atoms with Gasteiger partial charge in [-0.3, -0.25) is 4.79 Å². The van der Waals surface area contributed by atoms with Crippen molar-refractivity contribution in [2.75, 3.05) is 7.11 Å². The van der Waals surface area contributed by atoms with Crippen LogP contribution in [0, 0.1) is 0 Å². The maximum Gasteiger partial charge on any atom is 0.330 e. The maximum atomic E-state index is 12.3. The van der Waals surface area contributed by atoms with Crippen LogP contribution in [0.2, 0.25) is 0 Å². The molecule has 2 rings (SSSR count). The molecule has 3 nitrogen and oxygen atoms in total. The van der Waals surface area contributed by atoms with Crippen LogP contribution in [0.25, 0.3) is 6.08 Å². The minimum atomic E-state index is -0.426. The van der Waals surface area contributed by atoms with Gasteiger partial charge in [0.1, 0.15) is 0 Å². The van der Waals surface area contributed by atoms with Gasteiger partial charge in [0.05, 0.1) is 7.11 Å². The summed E-state index contributed by atoms with van der Waals surface area (Å²) in [5, 5.41) is 0. The lowest BCUT2D eigenvalue weighted by molar-refractivity contribution is -0.134. The van der Waals surface area contributed by atoms with Crippen LogP contribution in [0.1, 0.15) is 21.5 Å². The summed E-state index contributed by atoms with van der Waals surface area (Å²) in [7, 11) is 1.32. The Morgan fingerprint density at radius 1 is 0.950 bits per heavy atom. The first kappa shape index (κ1) is 13.7. The van der Waals surface area contributed by atoms with E-state index in [1.165, 1.54) is 13.2 Å². The minimum absolute atomic E-state index is 0.0427. The van der Waals surface area contributed by atoms with Gasteiger partial charge in [-0.25, -0.2) is 4.79 Å². The second kappa shape index (κ2) is 6.48. The first-order valence-corrected chi connectivity index (χ1v) is 6.16. The van der Waals surface area contributed by atoms with Gasteiger partial charge in [0.25, 0.3) is 0 Å². The van der Waals surface area contributed by atoms with Gasteiger partial charge in [-0.15, -0.1) is 0 Å². The Balaban J connectivity index is 2.24. The Morgan fingerprint density at radius 2 is 1.65 bits per heavy atom. The van der Waals surface area contributed by atoms with Gasteiger partial charge in [-0.05, 0) is 17.7 Å². The summed E-state index contributed by atoms with van der Waals surface area (Å²) < 4.78 is 4.53. The SMILES string of the molecule is COC(=O)/C=C/c1cccc(C(=O)c2ccccc2)c1. The van der Waals surface area contributed by atoms with Crippen LogP contribution in [0.4, 0.5) is 0 Å². The third-order valence-electron chi connectivity index (χ3n) is 2.80. The summed E-state index contributed by atoms with van der Waals surface area (Å²) in [4.78, 5) is 23.3. The molecule has 0 radical (unpaired) electrons. The summed E-state index contributed by atoms with van der Waals surface area (Å²) in [5.41, 5.74) is 2.00. The van der Waals surface area contributed by atoms with Crippen LogP contribution < -0.4 is 0 Å². The largest absolute Gasteiger partial charge is 0.466 e. The Hall–Kier alpha value is -2.68. The lowest BCUT2D eigenvalue weighted by atomic mass is 10.0.